The third kappa shape index (κ3) is 2.84. The van der Waals surface area contributed by atoms with Gasteiger partial charge in [0.25, 0.3) is 0 Å². The fourth-order valence-corrected chi connectivity index (χ4v) is 2.49. The first-order valence-corrected chi connectivity index (χ1v) is 6.28. The van der Waals surface area contributed by atoms with Gasteiger partial charge in [-0.1, -0.05) is 0 Å². The van der Waals surface area contributed by atoms with Gasteiger partial charge in [-0.3, -0.25) is 0 Å². The Morgan fingerprint density at radius 1 is 1.00 bits per heavy atom. The molecule has 2 rings (SSSR count). The van der Waals surface area contributed by atoms with Gasteiger partial charge in [-0.25, -0.2) is 15.0 Å². The summed E-state index contributed by atoms with van der Waals surface area (Å²) in [6, 6.07) is 7.64. The van der Waals surface area contributed by atoms with Crippen LogP contribution in [0.1, 0.15) is 22.6 Å². The standard InChI is InChI=1S/C13H12N4S/c1-8-4-5-11(7-14)12(15-8)18-13-16-9(2)6-10(3)17-13/h4-6H,1-3H3. The second-order valence-corrected chi connectivity index (χ2v) is 4.91. The summed E-state index contributed by atoms with van der Waals surface area (Å²) < 4.78 is 0. The molecule has 0 fully saturated rings. The van der Waals surface area contributed by atoms with Crippen LogP contribution in [0.2, 0.25) is 0 Å². The molecule has 18 heavy (non-hydrogen) atoms. The number of hydrogen-bond acceptors (Lipinski definition) is 5. The maximum atomic E-state index is 9.05. The van der Waals surface area contributed by atoms with E-state index in [0.717, 1.165) is 17.1 Å². The summed E-state index contributed by atoms with van der Waals surface area (Å²) in [5.74, 6) is 0. The van der Waals surface area contributed by atoms with E-state index in [1.807, 2.05) is 32.9 Å². The second-order valence-electron chi connectivity index (χ2n) is 3.95. The van der Waals surface area contributed by atoms with Crippen molar-refractivity contribution in [2.75, 3.05) is 0 Å². The molecule has 0 amide bonds. The molecule has 2 aromatic heterocycles. The summed E-state index contributed by atoms with van der Waals surface area (Å²) in [5, 5.41) is 10.3. The van der Waals surface area contributed by atoms with Crippen molar-refractivity contribution in [2.45, 2.75) is 31.0 Å². The Kier molecular flexibility index (Phi) is 3.58. The van der Waals surface area contributed by atoms with Gasteiger partial charge in [-0.05, 0) is 50.7 Å². The van der Waals surface area contributed by atoms with Crippen LogP contribution in [0.4, 0.5) is 0 Å². The van der Waals surface area contributed by atoms with Gasteiger partial charge in [0.05, 0.1) is 5.56 Å². The molecular weight excluding hydrogens is 244 g/mol. The minimum Gasteiger partial charge on any atom is -0.245 e. The quantitative estimate of drug-likeness (QED) is 0.773. The molecule has 0 aliphatic heterocycles. The normalized spacial score (nSPS) is 10.1. The average Bonchev–Trinajstić information content (AvgIpc) is 2.27. The van der Waals surface area contributed by atoms with Crippen molar-refractivity contribution in [3.63, 3.8) is 0 Å². The Labute approximate surface area is 110 Å². The molecule has 0 unspecified atom stereocenters. The number of rotatable bonds is 2. The minimum absolute atomic E-state index is 0.549. The van der Waals surface area contributed by atoms with Crippen molar-refractivity contribution in [1.29, 1.82) is 5.26 Å². The lowest BCUT2D eigenvalue weighted by Crippen LogP contribution is -1.95. The Hall–Kier alpha value is -1.93. The van der Waals surface area contributed by atoms with E-state index < -0.39 is 0 Å². The highest BCUT2D eigenvalue weighted by Gasteiger charge is 2.09. The smallest absolute Gasteiger partial charge is 0.194 e. The maximum Gasteiger partial charge on any atom is 0.194 e. The van der Waals surface area contributed by atoms with Gasteiger partial charge in [0.15, 0.2) is 5.16 Å². The number of aryl methyl sites for hydroxylation is 3. The highest BCUT2D eigenvalue weighted by molar-refractivity contribution is 7.99. The summed E-state index contributed by atoms with van der Waals surface area (Å²) in [6.07, 6.45) is 0. The molecule has 0 aromatic carbocycles. The molecule has 2 aromatic rings. The average molecular weight is 256 g/mol. The monoisotopic (exact) mass is 256 g/mol. The largest absolute Gasteiger partial charge is 0.245 e. The molecule has 0 saturated heterocycles. The summed E-state index contributed by atoms with van der Waals surface area (Å²) in [6.45, 7) is 5.74. The molecule has 0 aliphatic carbocycles. The van der Waals surface area contributed by atoms with Crippen LogP contribution in [0.25, 0.3) is 0 Å². The fraction of sp³-hybridized carbons (Fsp3) is 0.231. The molecule has 4 nitrogen and oxygen atoms in total. The van der Waals surface area contributed by atoms with Crippen LogP contribution in [0, 0.1) is 32.1 Å². The second kappa shape index (κ2) is 5.15. The first-order chi connectivity index (χ1) is 8.58. The van der Waals surface area contributed by atoms with Gasteiger partial charge >= 0.3 is 0 Å². The van der Waals surface area contributed by atoms with Crippen molar-refractivity contribution in [2.24, 2.45) is 0 Å². The summed E-state index contributed by atoms with van der Waals surface area (Å²) >= 11 is 1.33. The summed E-state index contributed by atoms with van der Waals surface area (Å²) in [4.78, 5) is 13.0. The van der Waals surface area contributed by atoms with Crippen LogP contribution in [0.5, 0.6) is 0 Å². The van der Waals surface area contributed by atoms with Crippen molar-refractivity contribution >= 4 is 11.8 Å². The van der Waals surface area contributed by atoms with Gasteiger partial charge in [-0.2, -0.15) is 5.26 Å². The molecule has 0 spiro atoms. The minimum atomic E-state index is 0.549. The van der Waals surface area contributed by atoms with E-state index in [1.165, 1.54) is 11.8 Å². The number of aromatic nitrogens is 3. The van der Waals surface area contributed by atoms with Gasteiger partial charge in [0.2, 0.25) is 0 Å². The van der Waals surface area contributed by atoms with Crippen LogP contribution in [-0.4, -0.2) is 15.0 Å². The van der Waals surface area contributed by atoms with Crippen LogP contribution < -0.4 is 0 Å². The van der Waals surface area contributed by atoms with Gasteiger partial charge in [0.1, 0.15) is 11.1 Å². The van der Waals surface area contributed by atoms with Crippen molar-refractivity contribution in [3.8, 4) is 6.07 Å². The van der Waals surface area contributed by atoms with Crippen molar-refractivity contribution in [3.05, 3.63) is 40.8 Å². The Bertz CT molecular complexity index is 611. The van der Waals surface area contributed by atoms with E-state index in [4.69, 9.17) is 5.26 Å². The van der Waals surface area contributed by atoms with Crippen LogP contribution in [0.3, 0.4) is 0 Å². The molecule has 0 aliphatic rings. The SMILES string of the molecule is Cc1cc(C)nc(Sc2nc(C)ccc2C#N)n1. The first-order valence-electron chi connectivity index (χ1n) is 5.46. The Balaban J connectivity index is 2.39. The van der Waals surface area contributed by atoms with Crippen molar-refractivity contribution in [1.82, 2.24) is 15.0 Å². The molecular formula is C13H12N4S. The Morgan fingerprint density at radius 2 is 1.67 bits per heavy atom. The van der Waals surface area contributed by atoms with Crippen LogP contribution in [-0.2, 0) is 0 Å². The third-order valence-corrected chi connectivity index (χ3v) is 3.14. The highest BCUT2D eigenvalue weighted by atomic mass is 32.2. The lowest BCUT2D eigenvalue weighted by atomic mass is 10.3. The molecule has 0 atom stereocenters. The molecule has 0 N–H and O–H groups in total. The number of nitrogens with zero attached hydrogens (tertiary/aromatic N) is 4. The first kappa shape index (κ1) is 12.5. The van der Waals surface area contributed by atoms with Gasteiger partial charge < -0.3 is 0 Å². The molecule has 2 heterocycles. The van der Waals surface area contributed by atoms with Gasteiger partial charge in [-0.15, -0.1) is 0 Å². The lowest BCUT2D eigenvalue weighted by Gasteiger charge is -2.04. The van der Waals surface area contributed by atoms with Gasteiger partial charge in [0, 0.05) is 17.1 Å². The zero-order valence-electron chi connectivity index (χ0n) is 10.4. The zero-order valence-corrected chi connectivity index (χ0v) is 11.2. The van der Waals surface area contributed by atoms with E-state index in [1.54, 1.807) is 6.07 Å². The zero-order chi connectivity index (χ0) is 13.1. The lowest BCUT2D eigenvalue weighted by molar-refractivity contribution is 0.897. The number of hydrogen-bond donors (Lipinski definition) is 0. The summed E-state index contributed by atoms with van der Waals surface area (Å²) in [5.41, 5.74) is 3.25. The molecule has 0 saturated carbocycles. The van der Waals surface area contributed by atoms with Crippen LogP contribution >= 0.6 is 11.8 Å². The summed E-state index contributed by atoms with van der Waals surface area (Å²) in [7, 11) is 0. The number of nitriles is 1. The van der Waals surface area contributed by atoms with E-state index >= 15 is 0 Å². The number of pyridine rings is 1. The molecule has 90 valence electrons. The topological polar surface area (TPSA) is 62.5 Å². The predicted octanol–water partition coefficient (Wildman–Crippen LogP) is 2.82. The fourth-order valence-electron chi connectivity index (χ4n) is 1.52. The molecule has 5 heteroatoms. The molecule has 0 bridgehead atoms. The van der Waals surface area contributed by atoms with E-state index in [0.29, 0.717) is 15.7 Å². The van der Waals surface area contributed by atoms with E-state index in [2.05, 4.69) is 21.0 Å². The van der Waals surface area contributed by atoms with Crippen molar-refractivity contribution < 1.29 is 0 Å². The van der Waals surface area contributed by atoms with E-state index in [-0.39, 0.29) is 0 Å². The predicted molar refractivity (Wildman–Crippen MR) is 69.3 cm³/mol. The molecule has 0 radical (unpaired) electrons. The maximum absolute atomic E-state index is 9.05. The van der Waals surface area contributed by atoms with Crippen LogP contribution in [0.15, 0.2) is 28.4 Å². The Morgan fingerprint density at radius 3 is 2.28 bits per heavy atom. The third-order valence-electron chi connectivity index (χ3n) is 2.27. The van der Waals surface area contributed by atoms with E-state index in [9.17, 15) is 0 Å². The highest BCUT2D eigenvalue weighted by Crippen LogP contribution is 2.26.